The van der Waals surface area contributed by atoms with E-state index in [4.69, 9.17) is 41.3 Å². The molecule has 49 heavy (non-hydrogen) atoms. The molecule has 6 heterocycles. The van der Waals surface area contributed by atoms with E-state index in [0.717, 1.165) is 23.8 Å². The Labute approximate surface area is 298 Å². The molecule has 3 aromatic rings. The molecular weight excluding hydrogens is 775 g/mol. The van der Waals surface area contributed by atoms with E-state index in [1.165, 1.54) is 12.1 Å². The summed E-state index contributed by atoms with van der Waals surface area (Å²) in [5, 5.41) is 3.34. The van der Waals surface area contributed by atoms with Gasteiger partial charge in [-0.1, -0.05) is 0 Å². The molecule has 4 aliphatic heterocycles. The molecule has 0 saturated carbocycles. The first kappa shape index (κ1) is 34.4. The molecule has 2 unspecified atom stereocenters. The number of pyridine rings is 1. The fourth-order valence-electron chi connectivity index (χ4n) is 6.93. The zero-order valence-electron chi connectivity index (χ0n) is 27.8. The summed E-state index contributed by atoms with van der Waals surface area (Å²) < 4.78 is 56.0. The van der Waals surface area contributed by atoms with Crippen molar-refractivity contribution in [1.82, 2.24) is 24.8 Å². The number of carbonyl (C=O) groups excluding carboxylic acids is 1. The number of alkyl halides is 2. The molecule has 7 rings (SSSR count). The molecular formula is C33H40ClF2IN7O5-. The van der Waals surface area contributed by atoms with Crippen molar-refractivity contribution >= 4 is 40.1 Å². The summed E-state index contributed by atoms with van der Waals surface area (Å²) in [4.78, 5) is 31.6. The predicted molar refractivity (Wildman–Crippen MR) is 176 cm³/mol. The molecule has 3 saturated heterocycles. The fourth-order valence-corrected chi connectivity index (χ4v) is 10.8. The molecule has 1 amide bonds. The molecule has 2 aromatic heterocycles. The van der Waals surface area contributed by atoms with Gasteiger partial charge in [0, 0.05) is 0 Å². The van der Waals surface area contributed by atoms with Gasteiger partial charge in [-0.2, -0.15) is 0 Å². The van der Waals surface area contributed by atoms with Gasteiger partial charge in [-0.05, 0) is 0 Å². The van der Waals surface area contributed by atoms with Gasteiger partial charge in [-0.3, -0.25) is 0 Å². The Balaban J connectivity index is 1.31. The van der Waals surface area contributed by atoms with Gasteiger partial charge in [0.25, 0.3) is 0 Å². The van der Waals surface area contributed by atoms with Gasteiger partial charge >= 0.3 is 291 Å². The number of halogens is 4. The Morgan fingerprint density at radius 3 is 2.78 bits per heavy atom. The van der Waals surface area contributed by atoms with Crippen molar-refractivity contribution in [2.75, 3.05) is 48.4 Å². The van der Waals surface area contributed by atoms with Crippen molar-refractivity contribution in [1.29, 1.82) is 0 Å². The van der Waals surface area contributed by atoms with Crippen LogP contribution in [0.1, 0.15) is 47.0 Å². The number of carbonyl (C=O) groups is 1. The Morgan fingerprint density at radius 2 is 2.00 bits per heavy atom. The zero-order chi connectivity index (χ0) is 34.6. The van der Waals surface area contributed by atoms with E-state index in [-0.39, 0.29) is 72.8 Å². The molecule has 5 atom stereocenters. The summed E-state index contributed by atoms with van der Waals surface area (Å²) in [7, 11) is 0. The van der Waals surface area contributed by atoms with Crippen molar-refractivity contribution < 1.29 is 53.7 Å². The maximum atomic E-state index is 16.7. The fraction of sp³-hybridized carbons (Fsp3) is 0.576. The zero-order valence-corrected chi connectivity index (χ0v) is 30.7. The number of hydrogen-bond donors (Lipinski definition) is 2. The van der Waals surface area contributed by atoms with Crippen LogP contribution in [0.25, 0.3) is 22.2 Å². The van der Waals surface area contributed by atoms with E-state index in [0.29, 0.717) is 38.8 Å². The summed E-state index contributed by atoms with van der Waals surface area (Å²) in [6, 6.07) is 2.90. The van der Waals surface area contributed by atoms with Gasteiger partial charge in [-0.25, -0.2) is 4.39 Å². The summed E-state index contributed by atoms with van der Waals surface area (Å²) in [6.45, 7) is 10.3. The number of ether oxygens (including phenoxy) is 4. The third-order valence-electron chi connectivity index (χ3n) is 9.14. The Bertz CT molecular complexity index is 1740. The first-order valence-electron chi connectivity index (χ1n) is 16.5. The molecule has 3 fully saturated rings. The number of morpholine rings is 1. The van der Waals surface area contributed by atoms with Gasteiger partial charge < -0.3 is 4.74 Å². The number of hydrogen-bond acceptors (Lipinski definition) is 11. The van der Waals surface area contributed by atoms with E-state index in [9.17, 15) is 9.18 Å². The number of nitrogens with zero attached hydrogens (tertiary/aromatic N) is 5. The topological polar surface area (TPSA) is 137 Å². The molecule has 16 heteroatoms. The van der Waals surface area contributed by atoms with Crippen LogP contribution in [0.2, 0.25) is 5.02 Å². The maximum absolute atomic E-state index is 16.7. The summed E-state index contributed by atoms with van der Waals surface area (Å²) in [5.41, 5.74) is 4.88. The minimum absolute atomic E-state index is 0.0173. The standard InChI is InChI=1S/C33H40ClF2IN7O5/c1-16-9-20-12-37-23(44(20)32(45)49-33(2,3)4)13-39-29-24-28(41-31(42-29)47-15-19-6-5-18-14-46-8-7-43(18)19)26(36)27(40-30(24)48-16)17-10-21(34)25(35)22(38)11-17/h10-11,16,18-20,23H,5-9,12-15,38H2,1-4H3,(H,39,41,42)/q-1/t16-,18-,19-,20?,23?/m0/s1. The van der Waals surface area contributed by atoms with Crippen LogP contribution in [0.3, 0.4) is 0 Å². The van der Waals surface area contributed by atoms with E-state index in [1.54, 1.807) is 0 Å². The van der Waals surface area contributed by atoms with Crippen molar-refractivity contribution in [3.63, 3.8) is 0 Å². The van der Waals surface area contributed by atoms with Crippen LogP contribution in [-0.2, 0) is 9.47 Å². The monoisotopic (exact) mass is 814 g/mol. The van der Waals surface area contributed by atoms with Crippen LogP contribution in [0, 0.1) is 11.6 Å². The Hall–Kier alpha value is -3.02. The number of nitrogens with one attached hydrogen (secondary N) is 1. The van der Waals surface area contributed by atoms with Gasteiger partial charge in [0.05, 0.1) is 0 Å². The number of rotatable bonds is 4. The van der Waals surface area contributed by atoms with Crippen LogP contribution in [-0.4, -0.2) is 102 Å². The molecule has 0 radical (unpaired) electrons. The van der Waals surface area contributed by atoms with Crippen molar-refractivity contribution in [3.05, 3.63) is 28.8 Å². The van der Waals surface area contributed by atoms with Crippen LogP contribution in [0.5, 0.6) is 11.9 Å². The van der Waals surface area contributed by atoms with Crippen molar-refractivity contribution in [2.24, 2.45) is 0 Å². The predicted octanol–water partition coefficient (Wildman–Crippen LogP) is 2.06. The number of benzene rings is 1. The van der Waals surface area contributed by atoms with Crippen molar-refractivity contribution in [3.8, 4) is 23.1 Å². The normalized spacial score (nSPS) is 25.9. The first-order chi connectivity index (χ1) is 23.4. The second-order valence-corrected chi connectivity index (χ2v) is 17.5. The van der Waals surface area contributed by atoms with Crippen LogP contribution < -0.4 is 41.7 Å². The molecule has 12 nitrogen and oxygen atoms in total. The van der Waals surface area contributed by atoms with E-state index in [2.05, 4.69) is 20.2 Å². The summed E-state index contributed by atoms with van der Waals surface area (Å²) in [6.07, 6.45) is 1.62. The van der Waals surface area contributed by atoms with E-state index in [1.807, 2.05) is 32.6 Å². The molecule has 0 aliphatic carbocycles. The quantitative estimate of drug-likeness (QED) is 0.174. The third-order valence-corrected chi connectivity index (χ3v) is 13.0. The van der Waals surface area contributed by atoms with Crippen LogP contribution in [0.4, 0.5) is 25.1 Å². The average molecular weight is 815 g/mol. The Morgan fingerprint density at radius 1 is 1.18 bits per heavy atom. The molecule has 266 valence electrons. The first-order valence-corrected chi connectivity index (χ1v) is 19.6. The molecule has 4 aliphatic rings. The second kappa shape index (κ2) is 13.6. The number of aromatic nitrogens is 3. The van der Waals surface area contributed by atoms with Crippen molar-refractivity contribution in [2.45, 2.75) is 80.8 Å². The minimum atomic E-state index is -0.804. The molecule has 3 N–H and O–H groups in total. The van der Waals surface area contributed by atoms with Gasteiger partial charge in [0.15, 0.2) is 0 Å². The number of nitrogens with two attached hydrogens (primary N) is 1. The van der Waals surface area contributed by atoms with Gasteiger partial charge in [-0.15, -0.1) is 0 Å². The number of nitrogen functional groups attached to an aromatic ring is 1. The van der Waals surface area contributed by atoms with Crippen LogP contribution in [0.15, 0.2) is 12.1 Å². The van der Waals surface area contributed by atoms with E-state index < -0.39 is 44.5 Å². The number of amides is 1. The summed E-state index contributed by atoms with van der Waals surface area (Å²) >= 11 is 5.68. The van der Waals surface area contributed by atoms with Crippen LogP contribution >= 0.6 is 11.6 Å². The van der Waals surface area contributed by atoms with Gasteiger partial charge in [0.2, 0.25) is 0 Å². The number of anilines is 2. The molecule has 0 spiro atoms. The SMILES string of the molecule is C[C@H]1CC2C[I-]C(CNc3nc(OC[C@@H]4CC[C@H]5COCCN54)nc4c(F)c(-c5cc(N)c(F)c(Cl)c5)nc(c34)O1)N2C(=O)OC(C)(C)C. The van der Waals surface area contributed by atoms with E-state index >= 15 is 4.39 Å². The van der Waals surface area contributed by atoms with Gasteiger partial charge in [0.1, 0.15) is 0 Å². The molecule has 2 bridgehead atoms. The number of fused-ring (bicyclic) bond motifs is 3. The third kappa shape index (κ3) is 7.00. The average Bonchev–Trinajstić information content (AvgIpc) is 3.64. The summed E-state index contributed by atoms with van der Waals surface area (Å²) in [5.74, 6) is -1.25. The Kier molecular flexibility index (Phi) is 9.56. The molecule has 1 aromatic carbocycles. The second-order valence-electron chi connectivity index (χ2n) is 13.9.